The largest absolute Gasteiger partial charge is 0.390 e. The zero-order valence-electron chi connectivity index (χ0n) is 20.8. The molecule has 2 aliphatic heterocycles. The van der Waals surface area contributed by atoms with Crippen molar-refractivity contribution in [2.75, 3.05) is 0 Å². The standard InChI is InChI=1S/C26H24F2N8O2/c1-15-11-35(33-29-15)13-18-8-22(31-37-18)24-20(17-6-4-3-5-7-17)10-21(27)25(26(24)28)23-9-19(38-32-23)14-36-12-16(2)30-34-36/h3-7,10-12,18-19H,8-9,13-14H2,1-2H3. The minimum absolute atomic E-state index is 0.183. The van der Waals surface area contributed by atoms with E-state index >= 15 is 8.78 Å². The second-order valence-electron chi connectivity index (χ2n) is 9.44. The number of hydrogen-bond donors (Lipinski definition) is 0. The van der Waals surface area contributed by atoms with Crippen LogP contribution in [0.4, 0.5) is 8.78 Å². The van der Waals surface area contributed by atoms with E-state index in [0.29, 0.717) is 36.3 Å². The van der Waals surface area contributed by atoms with E-state index in [0.717, 1.165) is 11.4 Å². The van der Waals surface area contributed by atoms with Gasteiger partial charge in [-0.2, -0.15) is 0 Å². The molecule has 6 rings (SSSR count). The lowest BCUT2D eigenvalue weighted by Crippen LogP contribution is -2.20. The lowest BCUT2D eigenvalue weighted by molar-refractivity contribution is 0.0692. The summed E-state index contributed by atoms with van der Waals surface area (Å²) < 4.78 is 35.2. The second-order valence-corrected chi connectivity index (χ2v) is 9.44. The Hall–Kier alpha value is -4.48. The predicted octanol–water partition coefficient (Wildman–Crippen LogP) is 3.82. The molecule has 4 aromatic rings. The van der Waals surface area contributed by atoms with Crippen LogP contribution in [0.25, 0.3) is 11.1 Å². The molecule has 0 aliphatic carbocycles. The molecule has 12 heteroatoms. The first-order chi connectivity index (χ1) is 18.4. The molecule has 0 spiro atoms. The summed E-state index contributed by atoms with van der Waals surface area (Å²) in [5, 5.41) is 24.3. The molecule has 4 heterocycles. The summed E-state index contributed by atoms with van der Waals surface area (Å²) in [7, 11) is 0. The van der Waals surface area contributed by atoms with Gasteiger partial charge in [-0.25, -0.2) is 18.1 Å². The number of rotatable bonds is 7. The minimum Gasteiger partial charge on any atom is -0.390 e. The van der Waals surface area contributed by atoms with Crippen LogP contribution in [0, 0.1) is 25.5 Å². The van der Waals surface area contributed by atoms with Crippen molar-refractivity contribution in [3.05, 3.63) is 82.9 Å². The lowest BCUT2D eigenvalue weighted by atomic mass is 9.89. The molecule has 0 saturated carbocycles. The summed E-state index contributed by atoms with van der Waals surface area (Å²) in [5.74, 6) is -1.47. The number of oxime groups is 2. The average molecular weight is 519 g/mol. The van der Waals surface area contributed by atoms with E-state index in [9.17, 15) is 0 Å². The van der Waals surface area contributed by atoms with Gasteiger partial charge < -0.3 is 9.68 Å². The van der Waals surface area contributed by atoms with Crippen molar-refractivity contribution in [1.82, 2.24) is 30.0 Å². The average Bonchev–Trinajstić information content (AvgIpc) is 3.71. The monoisotopic (exact) mass is 518 g/mol. The van der Waals surface area contributed by atoms with Gasteiger partial charge in [0.25, 0.3) is 0 Å². The fourth-order valence-electron chi connectivity index (χ4n) is 4.75. The van der Waals surface area contributed by atoms with Crippen LogP contribution in [0.15, 0.2) is 59.1 Å². The molecule has 0 fully saturated rings. The molecular formula is C26H24F2N8O2. The molecule has 2 atom stereocenters. The first-order valence-electron chi connectivity index (χ1n) is 12.2. The lowest BCUT2D eigenvalue weighted by Gasteiger charge is -2.15. The van der Waals surface area contributed by atoms with Gasteiger partial charge >= 0.3 is 0 Å². The molecule has 0 radical (unpaired) electrons. The van der Waals surface area contributed by atoms with Crippen molar-refractivity contribution in [3.63, 3.8) is 0 Å². The molecule has 2 aliphatic rings. The zero-order valence-corrected chi connectivity index (χ0v) is 20.8. The second kappa shape index (κ2) is 9.77. The maximum Gasteiger partial charge on any atom is 0.152 e. The third-order valence-electron chi connectivity index (χ3n) is 6.43. The number of halogens is 2. The fraction of sp³-hybridized carbons (Fsp3) is 0.308. The molecule has 0 N–H and O–H groups in total. The maximum absolute atomic E-state index is 16.3. The van der Waals surface area contributed by atoms with E-state index in [1.165, 1.54) is 6.07 Å². The highest BCUT2D eigenvalue weighted by Gasteiger charge is 2.33. The molecule has 0 amide bonds. The van der Waals surface area contributed by atoms with E-state index in [4.69, 9.17) is 9.68 Å². The van der Waals surface area contributed by atoms with Crippen LogP contribution in [0.1, 0.15) is 35.4 Å². The SMILES string of the molecule is Cc1cn(CC2CC(c3c(F)cc(-c4ccccc4)c(C4=NOC(Cn5cc(C)nn5)C4)c3F)=NO2)nn1. The van der Waals surface area contributed by atoms with E-state index in [1.54, 1.807) is 33.9 Å². The normalized spacial score (nSPS) is 18.7. The van der Waals surface area contributed by atoms with Crippen molar-refractivity contribution < 1.29 is 18.5 Å². The molecule has 194 valence electrons. The molecular weight excluding hydrogens is 494 g/mol. The summed E-state index contributed by atoms with van der Waals surface area (Å²) in [5.41, 5.74) is 3.13. The van der Waals surface area contributed by atoms with Crippen molar-refractivity contribution in [2.45, 2.75) is 52.0 Å². The zero-order chi connectivity index (χ0) is 26.2. The first kappa shape index (κ1) is 23.9. The van der Waals surface area contributed by atoms with E-state index in [1.807, 2.05) is 32.0 Å². The van der Waals surface area contributed by atoms with Crippen LogP contribution < -0.4 is 0 Å². The maximum atomic E-state index is 16.3. The number of aromatic nitrogens is 6. The van der Waals surface area contributed by atoms with Gasteiger partial charge in [0.15, 0.2) is 12.2 Å². The third kappa shape index (κ3) is 4.64. The van der Waals surface area contributed by atoms with Gasteiger partial charge in [-0.15, -0.1) is 10.2 Å². The predicted molar refractivity (Wildman–Crippen MR) is 133 cm³/mol. The van der Waals surface area contributed by atoms with Crippen LogP contribution in [-0.4, -0.2) is 53.6 Å². The van der Waals surface area contributed by atoms with Gasteiger partial charge in [0.1, 0.15) is 11.6 Å². The summed E-state index contributed by atoms with van der Waals surface area (Å²) >= 11 is 0. The Bertz CT molecular complexity index is 1550. The van der Waals surface area contributed by atoms with Crippen LogP contribution in [0.5, 0.6) is 0 Å². The highest BCUT2D eigenvalue weighted by atomic mass is 19.1. The van der Waals surface area contributed by atoms with E-state index < -0.39 is 17.7 Å². The number of aryl methyl sites for hydroxylation is 2. The topological polar surface area (TPSA) is 105 Å². The number of benzene rings is 2. The van der Waals surface area contributed by atoms with Gasteiger partial charge in [0.05, 0.1) is 41.5 Å². The minimum atomic E-state index is -0.747. The van der Waals surface area contributed by atoms with Crippen LogP contribution >= 0.6 is 0 Å². The van der Waals surface area contributed by atoms with Gasteiger partial charge in [-0.1, -0.05) is 51.1 Å². The van der Waals surface area contributed by atoms with Crippen molar-refractivity contribution in [3.8, 4) is 11.1 Å². The van der Waals surface area contributed by atoms with Crippen molar-refractivity contribution >= 4 is 11.4 Å². The Balaban J connectivity index is 1.32. The highest BCUT2D eigenvalue weighted by Crippen LogP contribution is 2.35. The number of hydrogen-bond acceptors (Lipinski definition) is 8. The van der Waals surface area contributed by atoms with Crippen LogP contribution in [0.3, 0.4) is 0 Å². The first-order valence-corrected chi connectivity index (χ1v) is 12.2. The smallest absolute Gasteiger partial charge is 0.152 e. The molecule has 38 heavy (non-hydrogen) atoms. The fourth-order valence-corrected chi connectivity index (χ4v) is 4.75. The molecule has 2 aromatic carbocycles. The third-order valence-corrected chi connectivity index (χ3v) is 6.43. The molecule has 10 nitrogen and oxygen atoms in total. The van der Waals surface area contributed by atoms with Crippen molar-refractivity contribution in [2.24, 2.45) is 10.3 Å². The van der Waals surface area contributed by atoms with Crippen LogP contribution in [0.2, 0.25) is 0 Å². The highest BCUT2D eigenvalue weighted by molar-refractivity contribution is 6.10. The summed E-state index contributed by atoms with van der Waals surface area (Å²) in [6, 6.07) is 10.4. The Morgan fingerprint density at radius 1 is 0.816 bits per heavy atom. The number of nitrogens with zero attached hydrogens (tertiary/aromatic N) is 8. The van der Waals surface area contributed by atoms with Gasteiger partial charge in [-0.05, 0) is 31.0 Å². The summed E-state index contributed by atoms with van der Waals surface area (Å²) in [6.07, 6.45) is 3.30. The van der Waals surface area contributed by atoms with E-state index in [2.05, 4.69) is 30.9 Å². The Labute approximate surface area is 216 Å². The van der Waals surface area contributed by atoms with E-state index in [-0.39, 0.29) is 29.4 Å². The molecule has 2 unspecified atom stereocenters. The molecule has 0 bridgehead atoms. The summed E-state index contributed by atoms with van der Waals surface area (Å²) in [6.45, 7) is 4.42. The Morgan fingerprint density at radius 3 is 1.89 bits per heavy atom. The van der Waals surface area contributed by atoms with Gasteiger partial charge in [0, 0.05) is 30.8 Å². The van der Waals surface area contributed by atoms with Gasteiger partial charge in [-0.3, -0.25) is 0 Å². The molecule has 0 saturated heterocycles. The quantitative estimate of drug-likeness (QED) is 0.368. The van der Waals surface area contributed by atoms with Gasteiger partial charge in [0.2, 0.25) is 0 Å². The van der Waals surface area contributed by atoms with Crippen molar-refractivity contribution in [1.29, 1.82) is 0 Å². The Morgan fingerprint density at radius 2 is 1.37 bits per heavy atom. The summed E-state index contributed by atoms with van der Waals surface area (Å²) in [4.78, 5) is 11.1. The molecule has 2 aromatic heterocycles. The Kier molecular flexibility index (Phi) is 6.14. The van der Waals surface area contributed by atoms with Crippen LogP contribution in [-0.2, 0) is 22.8 Å².